The molecule has 0 unspecified atom stereocenters. The normalized spacial score (nSPS) is 9.56. The highest BCUT2D eigenvalue weighted by Gasteiger charge is 2.09. The summed E-state index contributed by atoms with van der Waals surface area (Å²) in [4.78, 5) is 21.4. The second-order valence-electron chi connectivity index (χ2n) is 3.16. The molecule has 2 amide bonds. The smallest absolute Gasteiger partial charge is 0.254 e. The first-order valence-electron chi connectivity index (χ1n) is 4.95. The zero-order chi connectivity index (χ0) is 11.8. The molecule has 0 aromatic heterocycles. The monoisotopic (exact) mass is 224 g/mol. The van der Waals surface area contributed by atoms with Gasteiger partial charge in [0, 0.05) is 13.1 Å². The number of carbonyl (C=O) groups is 2. The SMILES string of the molecule is O=CNCCCNC(=O)c1ccccc1F. The highest BCUT2D eigenvalue weighted by atomic mass is 19.1. The van der Waals surface area contributed by atoms with Gasteiger partial charge in [-0.05, 0) is 18.6 Å². The number of hydrogen-bond donors (Lipinski definition) is 2. The average molecular weight is 224 g/mol. The van der Waals surface area contributed by atoms with Crippen molar-refractivity contribution < 1.29 is 14.0 Å². The standard InChI is InChI=1S/C11H13FN2O2/c12-10-5-2-1-4-9(10)11(16)14-7-3-6-13-8-15/h1-2,4-5,8H,3,6-7H2,(H,13,15)(H,14,16). The van der Waals surface area contributed by atoms with Crippen molar-refractivity contribution in [3.05, 3.63) is 35.6 Å². The van der Waals surface area contributed by atoms with Crippen molar-refractivity contribution in [2.45, 2.75) is 6.42 Å². The minimum Gasteiger partial charge on any atom is -0.359 e. The average Bonchev–Trinajstić information content (AvgIpc) is 2.29. The Morgan fingerprint density at radius 1 is 1.31 bits per heavy atom. The summed E-state index contributed by atoms with van der Waals surface area (Å²) in [6.07, 6.45) is 1.21. The molecule has 5 heteroatoms. The van der Waals surface area contributed by atoms with Crippen LogP contribution in [0.25, 0.3) is 0 Å². The number of rotatable bonds is 6. The van der Waals surface area contributed by atoms with Crippen molar-refractivity contribution in [1.82, 2.24) is 10.6 Å². The third-order valence-corrected chi connectivity index (χ3v) is 1.99. The van der Waals surface area contributed by atoms with Crippen LogP contribution in [0.1, 0.15) is 16.8 Å². The number of hydrogen-bond acceptors (Lipinski definition) is 2. The van der Waals surface area contributed by atoms with Crippen molar-refractivity contribution in [2.24, 2.45) is 0 Å². The molecule has 16 heavy (non-hydrogen) atoms. The van der Waals surface area contributed by atoms with Gasteiger partial charge >= 0.3 is 0 Å². The maximum Gasteiger partial charge on any atom is 0.254 e. The highest BCUT2D eigenvalue weighted by molar-refractivity contribution is 5.94. The van der Waals surface area contributed by atoms with Crippen molar-refractivity contribution in [2.75, 3.05) is 13.1 Å². The molecule has 1 aromatic rings. The van der Waals surface area contributed by atoms with Gasteiger partial charge < -0.3 is 10.6 Å². The molecule has 0 heterocycles. The Labute approximate surface area is 92.8 Å². The molecule has 0 saturated heterocycles. The van der Waals surface area contributed by atoms with E-state index in [0.717, 1.165) is 0 Å². The van der Waals surface area contributed by atoms with E-state index in [1.807, 2.05) is 0 Å². The van der Waals surface area contributed by atoms with Crippen LogP contribution >= 0.6 is 0 Å². The van der Waals surface area contributed by atoms with E-state index in [4.69, 9.17) is 0 Å². The fourth-order valence-electron chi connectivity index (χ4n) is 1.19. The summed E-state index contributed by atoms with van der Waals surface area (Å²) < 4.78 is 13.2. The summed E-state index contributed by atoms with van der Waals surface area (Å²) in [5, 5.41) is 5.03. The van der Waals surface area contributed by atoms with Crippen LogP contribution in [0.15, 0.2) is 24.3 Å². The van der Waals surface area contributed by atoms with E-state index < -0.39 is 11.7 Å². The Hall–Kier alpha value is -1.91. The van der Waals surface area contributed by atoms with E-state index in [2.05, 4.69) is 10.6 Å². The fraction of sp³-hybridized carbons (Fsp3) is 0.273. The summed E-state index contributed by atoms with van der Waals surface area (Å²) >= 11 is 0. The minimum atomic E-state index is -0.536. The second kappa shape index (κ2) is 6.55. The van der Waals surface area contributed by atoms with Crippen LogP contribution in [-0.2, 0) is 4.79 Å². The third-order valence-electron chi connectivity index (χ3n) is 1.99. The van der Waals surface area contributed by atoms with Gasteiger partial charge in [0.05, 0.1) is 5.56 Å². The summed E-state index contributed by atoms with van der Waals surface area (Å²) in [5.74, 6) is -0.977. The first-order chi connectivity index (χ1) is 7.75. The predicted molar refractivity (Wildman–Crippen MR) is 57.4 cm³/mol. The number of benzene rings is 1. The van der Waals surface area contributed by atoms with Gasteiger partial charge in [0.2, 0.25) is 6.41 Å². The Morgan fingerprint density at radius 3 is 2.75 bits per heavy atom. The van der Waals surface area contributed by atoms with Crippen molar-refractivity contribution in [3.8, 4) is 0 Å². The van der Waals surface area contributed by atoms with Crippen LogP contribution in [0.2, 0.25) is 0 Å². The lowest BCUT2D eigenvalue weighted by molar-refractivity contribution is -0.109. The first kappa shape index (κ1) is 12.2. The van der Waals surface area contributed by atoms with Gasteiger partial charge in [-0.3, -0.25) is 9.59 Å². The molecule has 0 aliphatic heterocycles. The van der Waals surface area contributed by atoms with E-state index in [1.54, 1.807) is 6.07 Å². The van der Waals surface area contributed by atoms with Crippen LogP contribution in [0, 0.1) is 5.82 Å². The van der Waals surface area contributed by atoms with Gasteiger partial charge in [-0.15, -0.1) is 0 Å². The molecule has 1 aromatic carbocycles. The lowest BCUT2D eigenvalue weighted by Crippen LogP contribution is -2.27. The Bertz CT molecular complexity index is 369. The fourth-order valence-corrected chi connectivity index (χ4v) is 1.19. The molecule has 86 valence electrons. The molecule has 0 radical (unpaired) electrons. The number of halogens is 1. The number of nitrogens with one attached hydrogen (secondary N) is 2. The van der Waals surface area contributed by atoms with E-state index in [9.17, 15) is 14.0 Å². The summed E-state index contributed by atoms with van der Waals surface area (Å²) in [7, 11) is 0. The molecule has 0 bridgehead atoms. The molecule has 0 aliphatic carbocycles. The van der Waals surface area contributed by atoms with Gasteiger partial charge in [-0.25, -0.2) is 4.39 Å². The molecule has 0 atom stereocenters. The molecular formula is C11H13FN2O2. The molecule has 0 saturated carbocycles. The van der Waals surface area contributed by atoms with E-state index in [-0.39, 0.29) is 5.56 Å². The van der Waals surface area contributed by atoms with E-state index in [1.165, 1.54) is 18.2 Å². The van der Waals surface area contributed by atoms with Gasteiger partial charge in [0.25, 0.3) is 5.91 Å². The predicted octanol–water partition coefficient (Wildman–Crippen LogP) is 0.692. The second-order valence-corrected chi connectivity index (χ2v) is 3.16. The van der Waals surface area contributed by atoms with Crippen LogP contribution in [0.4, 0.5) is 4.39 Å². The molecule has 1 rings (SSSR count). The largest absolute Gasteiger partial charge is 0.359 e. The zero-order valence-electron chi connectivity index (χ0n) is 8.70. The lowest BCUT2D eigenvalue weighted by atomic mass is 10.2. The van der Waals surface area contributed by atoms with Gasteiger partial charge in [-0.1, -0.05) is 12.1 Å². The molecule has 0 fully saturated rings. The summed E-state index contributed by atoms with van der Waals surface area (Å²) in [5.41, 5.74) is 0.0332. The summed E-state index contributed by atoms with van der Waals surface area (Å²) in [6.45, 7) is 0.884. The van der Waals surface area contributed by atoms with Crippen molar-refractivity contribution in [3.63, 3.8) is 0 Å². The number of carbonyl (C=O) groups excluding carboxylic acids is 2. The highest BCUT2D eigenvalue weighted by Crippen LogP contribution is 2.05. The Kier molecular flexibility index (Phi) is 4.98. The van der Waals surface area contributed by atoms with Crippen molar-refractivity contribution >= 4 is 12.3 Å². The maximum absolute atomic E-state index is 13.2. The van der Waals surface area contributed by atoms with Crippen LogP contribution < -0.4 is 10.6 Å². The summed E-state index contributed by atoms with van der Waals surface area (Å²) in [6, 6.07) is 5.79. The van der Waals surface area contributed by atoms with E-state index >= 15 is 0 Å². The molecule has 2 N–H and O–H groups in total. The molecule has 0 spiro atoms. The topological polar surface area (TPSA) is 58.2 Å². The van der Waals surface area contributed by atoms with Gasteiger partial charge in [-0.2, -0.15) is 0 Å². The molecule has 0 aliphatic rings. The maximum atomic E-state index is 13.2. The zero-order valence-corrected chi connectivity index (χ0v) is 8.70. The van der Waals surface area contributed by atoms with Gasteiger partial charge in [0.15, 0.2) is 0 Å². The van der Waals surface area contributed by atoms with Gasteiger partial charge in [0.1, 0.15) is 5.82 Å². The number of amides is 2. The van der Waals surface area contributed by atoms with Crippen LogP contribution in [0.3, 0.4) is 0 Å². The van der Waals surface area contributed by atoms with E-state index in [0.29, 0.717) is 25.9 Å². The first-order valence-corrected chi connectivity index (χ1v) is 4.95. The molecular weight excluding hydrogens is 211 g/mol. The quantitative estimate of drug-likeness (QED) is 0.551. The minimum absolute atomic E-state index is 0.0332. The van der Waals surface area contributed by atoms with Crippen molar-refractivity contribution in [1.29, 1.82) is 0 Å². The lowest BCUT2D eigenvalue weighted by Gasteiger charge is -2.05. The van der Waals surface area contributed by atoms with Crippen LogP contribution in [0.5, 0.6) is 0 Å². The Morgan fingerprint density at radius 2 is 2.06 bits per heavy atom. The Balaban J connectivity index is 2.36. The third kappa shape index (κ3) is 3.68. The molecule has 4 nitrogen and oxygen atoms in total. The van der Waals surface area contributed by atoms with Crippen LogP contribution in [-0.4, -0.2) is 25.4 Å².